The van der Waals surface area contributed by atoms with Crippen molar-refractivity contribution in [3.8, 4) is 5.75 Å². The monoisotopic (exact) mass is 411 g/mol. The van der Waals surface area contributed by atoms with Gasteiger partial charge in [0.15, 0.2) is 0 Å². The molecule has 1 aliphatic heterocycles. The Morgan fingerprint density at radius 2 is 2.04 bits per heavy atom. The summed E-state index contributed by atoms with van der Waals surface area (Å²) >= 11 is 3.41. The van der Waals surface area contributed by atoms with Crippen molar-refractivity contribution < 1.29 is 9.53 Å². The number of nitrogens with zero attached hydrogens (tertiary/aromatic N) is 3. The van der Waals surface area contributed by atoms with Crippen molar-refractivity contribution >= 4 is 27.5 Å². The molecule has 0 N–H and O–H groups in total. The van der Waals surface area contributed by atoms with Crippen LogP contribution in [0.5, 0.6) is 5.75 Å². The summed E-state index contributed by atoms with van der Waals surface area (Å²) in [7, 11) is 0. The highest BCUT2D eigenvalue weighted by atomic mass is 79.9. The molecule has 26 heavy (non-hydrogen) atoms. The molecule has 132 valence electrons. The first-order valence-electron chi connectivity index (χ1n) is 8.67. The van der Waals surface area contributed by atoms with Crippen LogP contribution in [-0.2, 0) is 0 Å². The third-order valence-corrected chi connectivity index (χ3v) is 5.88. The number of pyridine rings is 1. The molecule has 2 heterocycles. The molecule has 2 fully saturated rings. The van der Waals surface area contributed by atoms with Gasteiger partial charge in [-0.1, -0.05) is 22.0 Å². The zero-order valence-corrected chi connectivity index (χ0v) is 15.7. The first-order valence-corrected chi connectivity index (χ1v) is 9.46. The SMILES string of the molecule is [C-]#[N+]c1ccc(OC2CC3CN(C(=O)c4cccnc4)CC3C2)cc1Br. The van der Waals surface area contributed by atoms with E-state index in [0.717, 1.165) is 36.2 Å². The zero-order chi connectivity index (χ0) is 18.1. The Labute approximate surface area is 160 Å². The summed E-state index contributed by atoms with van der Waals surface area (Å²) in [5, 5.41) is 0. The molecule has 1 aromatic carbocycles. The second kappa shape index (κ2) is 7.08. The average molecular weight is 412 g/mol. The van der Waals surface area contributed by atoms with Crippen LogP contribution in [0.15, 0.2) is 47.2 Å². The lowest BCUT2D eigenvalue weighted by atomic mass is 10.0. The lowest BCUT2D eigenvalue weighted by Crippen LogP contribution is -2.30. The van der Waals surface area contributed by atoms with Gasteiger partial charge >= 0.3 is 0 Å². The number of hydrogen-bond donors (Lipinski definition) is 0. The van der Waals surface area contributed by atoms with E-state index < -0.39 is 0 Å². The lowest BCUT2D eigenvalue weighted by Gasteiger charge is -2.20. The third-order valence-electron chi connectivity index (χ3n) is 5.25. The Balaban J connectivity index is 1.36. The van der Waals surface area contributed by atoms with E-state index in [9.17, 15) is 4.79 Å². The van der Waals surface area contributed by atoms with Gasteiger partial charge in [0.05, 0.1) is 18.2 Å². The fourth-order valence-electron chi connectivity index (χ4n) is 4.02. The van der Waals surface area contributed by atoms with Gasteiger partial charge in [0.1, 0.15) is 5.75 Å². The average Bonchev–Trinajstić information content (AvgIpc) is 3.20. The van der Waals surface area contributed by atoms with E-state index in [-0.39, 0.29) is 12.0 Å². The number of aromatic nitrogens is 1. The third kappa shape index (κ3) is 3.32. The van der Waals surface area contributed by atoms with E-state index in [1.165, 1.54) is 0 Å². The summed E-state index contributed by atoms with van der Waals surface area (Å²) in [4.78, 5) is 22.0. The van der Waals surface area contributed by atoms with Crippen molar-refractivity contribution in [3.63, 3.8) is 0 Å². The first-order chi connectivity index (χ1) is 12.6. The zero-order valence-electron chi connectivity index (χ0n) is 14.1. The summed E-state index contributed by atoms with van der Waals surface area (Å²) in [6, 6.07) is 9.10. The molecule has 6 heteroatoms. The van der Waals surface area contributed by atoms with Crippen LogP contribution in [-0.4, -0.2) is 35.0 Å². The maximum atomic E-state index is 12.6. The van der Waals surface area contributed by atoms with Crippen LogP contribution in [0.25, 0.3) is 4.85 Å². The second-order valence-corrected chi connectivity index (χ2v) is 7.76. The molecule has 2 aliphatic rings. The standard InChI is InChI=1S/C20H18BrN3O2/c1-22-19-5-4-16(9-18(19)21)26-17-7-14-11-24(12-15(14)8-17)20(25)13-3-2-6-23-10-13/h2-6,9-10,14-15,17H,7-8,11-12H2. The Kier molecular flexibility index (Phi) is 4.64. The molecule has 0 bridgehead atoms. The number of likely N-dealkylation sites (tertiary alicyclic amines) is 1. The highest BCUT2D eigenvalue weighted by molar-refractivity contribution is 9.10. The molecule has 2 unspecified atom stereocenters. The number of ether oxygens (including phenoxy) is 1. The first kappa shape index (κ1) is 17.0. The van der Waals surface area contributed by atoms with Crippen LogP contribution in [0, 0.1) is 18.4 Å². The van der Waals surface area contributed by atoms with Crippen LogP contribution >= 0.6 is 15.9 Å². The fourth-order valence-corrected chi connectivity index (χ4v) is 4.47. The van der Waals surface area contributed by atoms with E-state index in [4.69, 9.17) is 11.3 Å². The van der Waals surface area contributed by atoms with Gasteiger partial charge in [0.2, 0.25) is 5.69 Å². The predicted molar refractivity (Wildman–Crippen MR) is 101 cm³/mol. The molecule has 1 saturated heterocycles. The molecule has 1 aliphatic carbocycles. The van der Waals surface area contributed by atoms with Gasteiger partial charge in [-0.25, -0.2) is 4.85 Å². The van der Waals surface area contributed by atoms with Crippen LogP contribution in [0.2, 0.25) is 0 Å². The topological polar surface area (TPSA) is 46.8 Å². The molecule has 1 saturated carbocycles. The minimum Gasteiger partial charge on any atom is -0.490 e. The lowest BCUT2D eigenvalue weighted by molar-refractivity contribution is 0.0769. The van der Waals surface area contributed by atoms with Crippen molar-refractivity contribution in [3.05, 3.63) is 64.2 Å². The van der Waals surface area contributed by atoms with Crippen LogP contribution < -0.4 is 4.74 Å². The van der Waals surface area contributed by atoms with Crippen molar-refractivity contribution in [1.29, 1.82) is 0 Å². The normalized spacial score (nSPS) is 24.2. The van der Waals surface area contributed by atoms with E-state index in [2.05, 4.69) is 25.8 Å². The Morgan fingerprint density at radius 3 is 2.65 bits per heavy atom. The molecule has 1 aromatic heterocycles. The van der Waals surface area contributed by atoms with Gasteiger partial charge in [-0.15, -0.1) is 0 Å². The summed E-state index contributed by atoms with van der Waals surface area (Å²) in [6.45, 7) is 8.68. The molecule has 2 atom stereocenters. The van der Waals surface area contributed by atoms with Gasteiger partial charge in [-0.05, 0) is 48.9 Å². The molecule has 0 radical (unpaired) electrons. The molecule has 5 nitrogen and oxygen atoms in total. The van der Waals surface area contributed by atoms with Crippen molar-refractivity contribution in [2.45, 2.75) is 18.9 Å². The van der Waals surface area contributed by atoms with E-state index >= 15 is 0 Å². The number of benzene rings is 1. The Morgan fingerprint density at radius 1 is 1.27 bits per heavy atom. The highest BCUT2D eigenvalue weighted by Gasteiger charge is 2.43. The largest absolute Gasteiger partial charge is 0.490 e. The van der Waals surface area contributed by atoms with Crippen LogP contribution in [0.4, 0.5) is 5.69 Å². The summed E-state index contributed by atoms with van der Waals surface area (Å²) < 4.78 is 6.89. The molecular formula is C20H18BrN3O2. The van der Waals surface area contributed by atoms with Crippen molar-refractivity contribution in [2.24, 2.45) is 11.8 Å². The Bertz CT molecular complexity index is 851. The van der Waals surface area contributed by atoms with E-state index in [1.54, 1.807) is 24.5 Å². The number of carbonyl (C=O) groups is 1. The number of hydrogen-bond acceptors (Lipinski definition) is 3. The minimum absolute atomic E-state index is 0.0728. The molecule has 0 spiro atoms. The van der Waals surface area contributed by atoms with Crippen molar-refractivity contribution in [2.75, 3.05) is 13.1 Å². The predicted octanol–water partition coefficient (Wildman–Crippen LogP) is 4.32. The molecule has 1 amide bonds. The maximum Gasteiger partial charge on any atom is 0.255 e. The summed E-state index contributed by atoms with van der Waals surface area (Å²) in [5.74, 6) is 1.85. The fraction of sp³-hybridized carbons (Fsp3) is 0.350. The molecule has 4 rings (SSSR count). The number of rotatable bonds is 3. The second-order valence-electron chi connectivity index (χ2n) is 6.91. The minimum atomic E-state index is 0.0728. The van der Waals surface area contributed by atoms with E-state index in [0.29, 0.717) is 23.1 Å². The number of carbonyl (C=O) groups excluding carboxylic acids is 1. The Hall–Kier alpha value is -2.39. The van der Waals surface area contributed by atoms with Gasteiger partial charge in [0, 0.05) is 30.0 Å². The summed E-state index contributed by atoms with van der Waals surface area (Å²) in [5.41, 5.74) is 1.25. The number of halogens is 1. The molecular weight excluding hydrogens is 394 g/mol. The number of amides is 1. The quantitative estimate of drug-likeness (QED) is 0.706. The number of fused-ring (bicyclic) bond motifs is 1. The smallest absolute Gasteiger partial charge is 0.255 e. The van der Waals surface area contributed by atoms with Gasteiger partial charge in [0.25, 0.3) is 5.91 Å². The van der Waals surface area contributed by atoms with Crippen molar-refractivity contribution in [1.82, 2.24) is 9.88 Å². The van der Waals surface area contributed by atoms with Crippen LogP contribution in [0.3, 0.4) is 0 Å². The maximum absolute atomic E-state index is 12.6. The van der Waals surface area contributed by atoms with Gasteiger partial charge in [-0.2, -0.15) is 0 Å². The van der Waals surface area contributed by atoms with Crippen LogP contribution in [0.1, 0.15) is 23.2 Å². The molecule has 2 aromatic rings. The van der Waals surface area contributed by atoms with Gasteiger partial charge < -0.3 is 9.64 Å². The highest BCUT2D eigenvalue weighted by Crippen LogP contribution is 2.40. The summed E-state index contributed by atoms with van der Waals surface area (Å²) in [6.07, 6.45) is 5.41. The van der Waals surface area contributed by atoms with Gasteiger partial charge in [-0.3, -0.25) is 9.78 Å². The van der Waals surface area contributed by atoms with E-state index in [1.807, 2.05) is 23.1 Å².